The van der Waals surface area contributed by atoms with Gasteiger partial charge >= 0.3 is 0 Å². The summed E-state index contributed by atoms with van der Waals surface area (Å²) in [6, 6.07) is 12.4. The first-order chi connectivity index (χ1) is 16.4. The monoisotopic (exact) mass is 540 g/mol. The average Bonchev–Trinajstić information content (AvgIpc) is 2.82. The average molecular weight is 542 g/mol. The predicted octanol–water partition coefficient (Wildman–Crippen LogP) is 7.14. The molecule has 0 aliphatic heterocycles. The van der Waals surface area contributed by atoms with Gasteiger partial charge in [0.25, 0.3) is 0 Å². The molecule has 34 heavy (non-hydrogen) atoms. The van der Waals surface area contributed by atoms with E-state index >= 15 is 0 Å². The lowest BCUT2D eigenvalue weighted by molar-refractivity contribution is -0.139. The van der Waals surface area contributed by atoms with Gasteiger partial charge in [0, 0.05) is 33.4 Å². The molecule has 0 aromatic heterocycles. The van der Waals surface area contributed by atoms with Gasteiger partial charge in [-0.15, -0.1) is 11.8 Å². The number of benzene rings is 2. The molecule has 8 heteroatoms. The van der Waals surface area contributed by atoms with Gasteiger partial charge in [-0.25, -0.2) is 0 Å². The van der Waals surface area contributed by atoms with Crippen molar-refractivity contribution in [2.45, 2.75) is 69.8 Å². The molecule has 2 aromatic rings. The van der Waals surface area contributed by atoms with Crippen molar-refractivity contribution in [1.82, 2.24) is 10.2 Å². The summed E-state index contributed by atoms with van der Waals surface area (Å²) in [6.45, 7) is 2.30. The Morgan fingerprint density at radius 2 is 1.68 bits per heavy atom. The number of rotatable bonds is 10. The molecule has 3 rings (SSSR count). The molecule has 1 saturated carbocycles. The molecule has 0 saturated heterocycles. The normalized spacial score (nSPS) is 15.1. The van der Waals surface area contributed by atoms with E-state index < -0.39 is 6.04 Å². The van der Waals surface area contributed by atoms with Crippen LogP contribution in [0, 0.1) is 0 Å². The molecule has 2 amide bonds. The van der Waals surface area contributed by atoms with E-state index in [-0.39, 0.29) is 23.6 Å². The largest absolute Gasteiger partial charge is 0.352 e. The van der Waals surface area contributed by atoms with Gasteiger partial charge < -0.3 is 10.2 Å². The van der Waals surface area contributed by atoms with E-state index in [1.165, 1.54) is 18.2 Å². The van der Waals surface area contributed by atoms with Crippen LogP contribution in [0.3, 0.4) is 0 Å². The van der Waals surface area contributed by atoms with Crippen LogP contribution in [0.5, 0.6) is 0 Å². The van der Waals surface area contributed by atoms with Crippen molar-refractivity contribution in [2.24, 2.45) is 0 Å². The molecule has 0 heterocycles. The molecule has 1 atom stereocenters. The molecule has 0 bridgehead atoms. The summed E-state index contributed by atoms with van der Waals surface area (Å²) in [5, 5.41) is 5.01. The highest BCUT2D eigenvalue weighted by atomic mass is 35.5. The van der Waals surface area contributed by atoms with E-state index in [4.69, 9.17) is 34.8 Å². The maximum absolute atomic E-state index is 13.4. The van der Waals surface area contributed by atoms with Gasteiger partial charge in [0.2, 0.25) is 11.8 Å². The second-order valence-electron chi connectivity index (χ2n) is 8.61. The Kier molecular flexibility index (Phi) is 10.9. The smallest absolute Gasteiger partial charge is 0.243 e. The van der Waals surface area contributed by atoms with Crippen LogP contribution in [0.4, 0.5) is 0 Å². The highest BCUT2D eigenvalue weighted by Gasteiger charge is 2.30. The van der Waals surface area contributed by atoms with Crippen LogP contribution in [0.1, 0.15) is 56.6 Å². The van der Waals surface area contributed by atoms with Crippen LogP contribution in [-0.2, 0) is 21.9 Å². The summed E-state index contributed by atoms with van der Waals surface area (Å²) >= 11 is 20.0. The van der Waals surface area contributed by atoms with Gasteiger partial charge in [-0.05, 0) is 54.7 Å². The van der Waals surface area contributed by atoms with E-state index in [2.05, 4.69) is 5.32 Å². The van der Waals surface area contributed by atoms with Crippen molar-refractivity contribution >= 4 is 58.4 Å². The summed E-state index contributed by atoms with van der Waals surface area (Å²) in [7, 11) is 0. The van der Waals surface area contributed by atoms with E-state index in [9.17, 15) is 9.59 Å². The fourth-order valence-electron chi connectivity index (χ4n) is 4.24. The molecule has 184 valence electrons. The minimum atomic E-state index is -0.533. The molecule has 1 fully saturated rings. The minimum absolute atomic E-state index is 0.0733. The zero-order chi connectivity index (χ0) is 24.5. The molecule has 1 aliphatic rings. The van der Waals surface area contributed by atoms with Crippen LogP contribution < -0.4 is 5.32 Å². The number of nitrogens with zero attached hydrogens (tertiary/aromatic N) is 1. The Morgan fingerprint density at radius 1 is 1.03 bits per heavy atom. The molecule has 2 aromatic carbocycles. The first kappa shape index (κ1) is 27.2. The lowest BCUT2D eigenvalue weighted by atomic mass is 9.95. The van der Waals surface area contributed by atoms with Crippen LogP contribution in [0.2, 0.25) is 15.1 Å². The van der Waals surface area contributed by atoms with Crippen molar-refractivity contribution in [1.29, 1.82) is 0 Å². The quantitative estimate of drug-likeness (QED) is 0.348. The summed E-state index contributed by atoms with van der Waals surface area (Å²) in [4.78, 5) is 28.4. The molecule has 0 radical (unpaired) electrons. The summed E-state index contributed by atoms with van der Waals surface area (Å²) < 4.78 is 0. The third kappa shape index (κ3) is 7.81. The van der Waals surface area contributed by atoms with Crippen LogP contribution in [-0.4, -0.2) is 34.6 Å². The Morgan fingerprint density at radius 3 is 2.29 bits per heavy atom. The van der Waals surface area contributed by atoms with Crippen LogP contribution in [0.25, 0.3) is 0 Å². The number of nitrogens with one attached hydrogen (secondary N) is 1. The van der Waals surface area contributed by atoms with E-state index in [1.807, 2.05) is 19.1 Å². The van der Waals surface area contributed by atoms with E-state index in [0.29, 0.717) is 33.8 Å². The Bertz CT molecular complexity index is 945. The summed E-state index contributed by atoms with van der Waals surface area (Å²) in [5.74, 6) is 0.580. The molecule has 1 N–H and O–H groups in total. The topological polar surface area (TPSA) is 49.4 Å². The number of hydrogen-bond acceptors (Lipinski definition) is 3. The fraction of sp³-hybridized carbons (Fsp3) is 0.462. The molecule has 4 nitrogen and oxygen atoms in total. The van der Waals surface area contributed by atoms with Gasteiger partial charge in [0.05, 0.1) is 5.75 Å². The van der Waals surface area contributed by atoms with Crippen molar-refractivity contribution < 1.29 is 9.59 Å². The lowest BCUT2D eigenvalue weighted by Gasteiger charge is -2.32. The van der Waals surface area contributed by atoms with E-state index in [0.717, 1.165) is 36.8 Å². The molecule has 1 aliphatic carbocycles. The van der Waals surface area contributed by atoms with Gasteiger partial charge in [-0.3, -0.25) is 9.59 Å². The van der Waals surface area contributed by atoms with Crippen molar-refractivity contribution in [3.63, 3.8) is 0 Å². The number of carbonyl (C=O) groups is 2. The van der Waals surface area contributed by atoms with Gasteiger partial charge in [-0.2, -0.15) is 0 Å². The molecular formula is C26H31Cl3N2O2S. The number of amides is 2. The third-order valence-electron chi connectivity index (χ3n) is 6.14. The number of thioether (sulfide) groups is 1. The van der Waals surface area contributed by atoms with Crippen LogP contribution >= 0.6 is 46.6 Å². The SMILES string of the molecule is CC[C@@H](C(=O)NC1CCCCC1)N(Cc1ccc(Cl)cc1)C(=O)CSCc1c(Cl)cccc1Cl. The van der Waals surface area contributed by atoms with E-state index in [1.54, 1.807) is 35.2 Å². The van der Waals surface area contributed by atoms with Crippen LogP contribution in [0.15, 0.2) is 42.5 Å². The Labute approximate surface area is 221 Å². The second kappa shape index (κ2) is 13.6. The zero-order valence-electron chi connectivity index (χ0n) is 19.4. The number of carbonyl (C=O) groups excluding carboxylic acids is 2. The molecule has 0 spiro atoms. The number of hydrogen-bond donors (Lipinski definition) is 1. The highest BCUT2D eigenvalue weighted by Crippen LogP contribution is 2.28. The highest BCUT2D eigenvalue weighted by molar-refractivity contribution is 7.99. The molecular weight excluding hydrogens is 511 g/mol. The fourth-order valence-corrected chi connectivity index (χ4v) is 6.02. The van der Waals surface area contributed by atoms with Crippen molar-refractivity contribution in [2.75, 3.05) is 5.75 Å². The second-order valence-corrected chi connectivity index (χ2v) is 10.8. The van der Waals surface area contributed by atoms with Gasteiger partial charge in [0.15, 0.2) is 0 Å². The standard InChI is InChI=1S/C26H31Cl3N2O2S/c1-2-24(26(33)30-20-7-4-3-5-8-20)31(15-18-11-13-19(27)14-12-18)25(32)17-34-16-21-22(28)9-6-10-23(21)29/h6,9-14,20,24H,2-5,7-8,15-17H2,1H3,(H,30,33)/t24-/m0/s1. The maximum Gasteiger partial charge on any atom is 0.243 e. The first-order valence-corrected chi connectivity index (χ1v) is 14.0. The number of halogens is 3. The summed E-state index contributed by atoms with van der Waals surface area (Å²) in [6.07, 6.45) is 6.03. The Hall–Kier alpha value is -1.40. The van der Waals surface area contributed by atoms with Gasteiger partial charge in [-0.1, -0.05) is 79.2 Å². The summed E-state index contributed by atoms with van der Waals surface area (Å²) in [5.41, 5.74) is 1.75. The lowest BCUT2D eigenvalue weighted by Crippen LogP contribution is -2.52. The predicted molar refractivity (Wildman–Crippen MR) is 144 cm³/mol. The minimum Gasteiger partial charge on any atom is -0.352 e. The molecule has 0 unspecified atom stereocenters. The zero-order valence-corrected chi connectivity index (χ0v) is 22.5. The Balaban J connectivity index is 1.72. The maximum atomic E-state index is 13.4. The van der Waals surface area contributed by atoms with Crippen molar-refractivity contribution in [3.05, 3.63) is 68.7 Å². The third-order valence-corrected chi connectivity index (χ3v) is 8.04. The van der Waals surface area contributed by atoms with Gasteiger partial charge in [0.1, 0.15) is 6.04 Å². The van der Waals surface area contributed by atoms with Crippen molar-refractivity contribution in [3.8, 4) is 0 Å². The first-order valence-electron chi connectivity index (χ1n) is 11.7.